The maximum atomic E-state index is 14.2. The number of nitrogens with one attached hydrogen (secondary N) is 3. The molecule has 7 nitrogen and oxygen atoms in total. The minimum atomic E-state index is -0.874. The van der Waals surface area contributed by atoms with Crippen LogP contribution in [0.2, 0.25) is 0 Å². The summed E-state index contributed by atoms with van der Waals surface area (Å²) in [4.78, 5) is 25.7. The summed E-state index contributed by atoms with van der Waals surface area (Å²) in [5.41, 5.74) is 1.22. The SMILES string of the molecule is CC1=C(C(=O)Nc2ccccc2F)C(c2ccco2)C(C#N)=C(SCC(=O)Nc2ccc(F)cc2)N1. The number of nitrogens with zero attached hydrogens (tertiary/aromatic N) is 1. The summed E-state index contributed by atoms with van der Waals surface area (Å²) < 4.78 is 32.8. The van der Waals surface area contributed by atoms with Crippen LogP contribution in [0, 0.1) is 23.0 Å². The van der Waals surface area contributed by atoms with Gasteiger partial charge in [-0.15, -0.1) is 0 Å². The number of thioether (sulfide) groups is 1. The number of hydrogen-bond acceptors (Lipinski definition) is 6. The van der Waals surface area contributed by atoms with E-state index >= 15 is 0 Å². The molecule has 0 spiro atoms. The zero-order valence-corrected chi connectivity index (χ0v) is 19.8. The molecule has 3 N–H and O–H groups in total. The molecule has 3 aromatic rings. The van der Waals surface area contributed by atoms with Gasteiger partial charge in [-0.25, -0.2) is 8.78 Å². The predicted octanol–water partition coefficient (Wildman–Crippen LogP) is 5.26. The number of halogens is 2. The van der Waals surface area contributed by atoms with E-state index in [4.69, 9.17) is 4.42 Å². The number of amides is 2. The van der Waals surface area contributed by atoms with E-state index in [2.05, 4.69) is 22.0 Å². The maximum absolute atomic E-state index is 14.2. The monoisotopic (exact) mass is 506 g/mol. The Hall–Kier alpha value is -4.36. The number of furan rings is 1. The fourth-order valence-electron chi connectivity index (χ4n) is 3.69. The summed E-state index contributed by atoms with van der Waals surface area (Å²) in [6, 6.07) is 16.5. The van der Waals surface area contributed by atoms with E-state index < -0.39 is 23.5 Å². The van der Waals surface area contributed by atoms with Crippen molar-refractivity contribution >= 4 is 35.0 Å². The number of rotatable bonds is 7. The van der Waals surface area contributed by atoms with Gasteiger partial charge in [-0.1, -0.05) is 23.9 Å². The van der Waals surface area contributed by atoms with Crippen molar-refractivity contribution in [3.05, 3.63) is 106 Å². The van der Waals surface area contributed by atoms with Gasteiger partial charge >= 0.3 is 0 Å². The molecule has 1 unspecified atom stereocenters. The van der Waals surface area contributed by atoms with Crippen molar-refractivity contribution in [1.29, 1.82) is 5.26 Å². The van der Waals surface area contributed by atoms with Crippen LogP contribution in [0.1, 0.15) is 18.6 Å². The number of para-hydroxylation sites is 1. The molecule has 0 bridgehead atoms. The van der Waals surface area contributed by atoms with Gasteiger partial charge in [0, 0.05) is 11.4 Å². The molecule has 0 aliphatic carbocycles. The van der Waals surface area contributed by atoms with Crippen LogP contribution < -0.4 is 16.0 Å². The van der Waals surface area contributed by atoms with Gasteiger partial charge in [0.1, 0.15) is 17.4 Å². The number of carbonyl (C=O) groups excluding carboxylic acids is 2. The first kappa shape index (κ1) is 24.8. The highest BCUT2D eigenvalue weighted by molar-refractivity contribution is 8.03. The Morgan fingerprint density at radius 1 is 1.08 bits per heavy atom. The lowest BCUT2D eigenvalue weighted by Gasteiger charge is -2.28. The van der Waals surface area contributed by atoms with Gasteiger partial charge in [0.15, 0.2) is 0 Å². The quantitative estimate of drug-likeness (QED) is 0.403. The van der Waals surface area contributed by atoms with Crippen LogP contribution in [0.4, 0.5) is 20.2 Å². The summed E-state index contributed by atoms with van der Waals surface area (Å²) in [7, 11) is 0. The van der Waals surface area contributed by atoms with Gasteiger partial charge in [0.05, 0.1) is 45.9 Å². The Kier molecular flexibility index (Phi) is 7.51. The second kappa shape index (κ2) is 10.9. The Labute approximate surface area is 209 Å². The molecule has 2 aromatic carbocycles. The van der Waals surface area contributed by atoms with Crippen LogP contribution in [0.25, 0.3) is 0 Å². The van der Waals surface area contributed by atoms with E-state index in [1.54, 1.807) is 25.1 Å². The second-order valence-electron chi connectivity index (χ2n) is 7.74. The van der Waals surface area contributed by atoms with Crippen LogP contribution in [-0.2, 0) is 9.59 Å². The van der Waals surface area contributed by atoms with E-state index in [1.807, 2.05) is 0 Å². The van der Waals surface area contributed by atoms with E-state index in [9.17, 15) is 23.6 Å². The molecular weight excluding hydrogens is 486 g/mol. The lowest BCUT2D eigenvalue weighted by atomic mass is 9.85. The Bertz CT molecular complexity index is 1390. The number of carbonyl (C=O) groups is 2. The number of hydrogen-bond donors (Lipinski definition) is 3. The van der Waals surface area contributed by atoms with Crippen LogP contribution in [0.3, 0.4) is 0 Å². The summed E-state index contributed by atoms with van der Waals surface area (Å²) in [5, 5.41) is 18.7. The number of nitriles is 1. The topological polar surface area (TPSA) is 107 Å². The Balaban J connectivity index is 1.58. The van der Waals surface area contributed by atoms with Crippen molar-refractivity contribution in [3.63, 3.8) is 0 Å². The Morgan fingerprint density at radius 2 is 1.83 bits per heavy atom. The van der Waals surface area contributed by atoms with Crippen molar-refractivity contribution in [2.24, 2.45) is 0 Å². The molecule has 1 aliphatic rings. The van der Waals surface area contributed by atoms with Crippen LogP contribution in [0.15, 0.2) is 93.2 Å². The molecule has 0 fully saturated rings. The van der Waals surface area contributed by atoms with E-state index in [1.165, 1.54) is 48.7 Å². The minimum absolute atomic E-state index is 0.00104. The van der Waals surface area contributed by atoms with E-state index in [0.29, 0.717) is 22.2 Å². The molecule has 0 radical (unpaired) electrons. The van der Waals surface area contributed by atoms with Crippen molar-refractivity contribution < 1.29 is 22.8 Å². The van der Waals surface area contributed by atoms with Crippen molar-refractivity contribution in [2.45, 2.75) is 12.8 Å². The van der Waals surface area contributed by atoms with Crippen molar-refractivity contribution in [3.8, 4) is 6.07 Å². The third kappa shape index (κ3) is 5.47. The van der Waals surface area contributed by atoms with E-state index in [-0.39, 0.29) is 28.5 Å². The van der Waals surface area contributed by atoms with Crippen molar-refractivity contribution in [1.82, 2.24) is 5.32 Å². The van der Waals surface area contributed by atoms with Crippen LogP contribution >= 0.6 is 11.8 Å². The standard InChI is InChI=1S/C26H20F2N4O3S/c1-15-23(25(34)32-20-6-3-2-5-19(20)28)24(21-7-4-12-35-21)18(13-29)26(30-15)36-14-22(33)31-17-10-8-16(27)9-11-17/h2-12,24,30H,14H2,1H3,(H,31,33)(H,32,34). The molecule has 182 valence electrons. The number of allylic oxidation sites excluding steroid dienone is 2. The number of benzene rings is 2. The van der Waals surface area contributed by atoms with Crippen molar-refractivity contribution in [2.75, 3.05) is 16.4 Å². The summed E-state index contributed by atoms with van der Waals surface area (Å²) in [6.07, 6.45) is 1.43. The molecule has 2 heterocycles. The largest absolute Gasteiger partial charge is 0.468 e. The third-order valence-corrected chi connectivity index (χ3v) is 6.33. The van der Waals surface area contributed by atoms with Gasteiger partial charge < -0.3 is 20.4 Å². The average Bonchev–Trinajstić information content (AvgIpc) is 3.39. The molecule has 0 saturated heterocycles. The molecule has 10 heteroatoms. The summed E-state index contributed by atoms with van der Waals surface area (Å²) >= 11 is 1.08. The van der Waals surface area contributed by atoms with Gasteiger partial charge in [0.25, 0.3) is 5.91 Å². The molecule has 1 aromatic heterocycles. The van der Waals surface area contributed by atoms with Crippen LogP contribution in [0.5, 0.6) is 0 Å². The van der Waals surface area contributed by atoms with Gasteiger partial charge in [-0.2, -0.15) is 5.26 Å². The van der Waals surface area contributed by atoms with Gasteiger partial charge in [-0.3, -0.25) is 9.59 Å². The second-order valence-corrected chi connectivity index (χ2v) is 8.73. The predicted molar refractivity (Wildman–Crippen MR) is 132 cm³/mol. The average molecular weight is 507 g/mol. The van der Waals surface area contributed by atoms with Crippen LogP contribution in [-0.4, -0.2) is 17.6 Å². The summed E-state index contributed by atoms with van der Waals surface area (Å²) in [5.74, 6) is -2.56. The highest BCUT2D eigenvalue weighted by atomic mass is 32.2. The molecule has 2 amide bonds. The smallest absolute Gasteiger partial charge is 0.254 e. The lowest BCUT2D eigenvalue weighted by molar-refractivity contribution is -0.114. The highest BCUT2D eigenvalue weighted by Crippen LogP contribution is 2.41. The number of anilines is 2. The first-order valence-corrected chi connectivity index (χ1v) is 11.8. The molecule has 0 saturated carbocycles. The Morgan fingerprint density at radius 3 is 2.50 bits per heavy atom. The fourth-order valence-corrected chi connectivity index (χ4v) is 4.58. The molecule has 4 rings (SSSR count). The molecule has 1 aliphatic heterocycles. The zero-order valence-electron chi connectivity index (χ0n) is 19.0. The molecule has 36 heavy (non-hydrogen) atoms. The first-order valence-electron chi connectivity index (χ1n) is 10.8. The first-order chi connectivity index (χ1) is 17.4. The summed E-state index contributed by atoms with van der Waals surface area (Å²) in [6.45, 7) is 1.65. The minimum Gasteiger partial charge on any atom is -0.468 e. The highest BCUT2D eigenvalue weighted by Gasteiger charge is 2.36. The van der Waals surface area contributed by atoms with E-state index in [0.717, 1.165) is 11.8 Å². The zero-order chi connectivity index (χ0) is 25.7. The maximum Gasteiger partial charge on any atom is 0.254 e. The number of dihydropyridines is 1. The third-order valence-electron chi connectivity index (χ3n) is 5.32. The van der Waals surface area contributed by atoms with Gasteiger partial charge in [0.2, 0.25) is 5.91 Å². The normalized spacial score (nSPS) is 15.2. The van der Waals surface area contributed by atoms with Gasteiger partial charge in [-0.05, 0) is 55.5 Å². The fraction of sp³-hybridized carbons (Fsp3) is 0.115. The lowest BCUT2D eigenvalue weighted by Crippen LogP contribution is -2.31. The molecule has 1 atom stereocenters. The molecular formula is C26H20F2N4O3S.